The third kappa shape index (κ3) is 7.46. The van der Waals surface area contributed by atoms with Crippen molar-refractivity contribution in [3.05, 3.63) is 112 Å². The first-order valence-electron chi connectivity index (χ1n) is 14.1. The Hall–Kier alpha value is -3.94. The molecule has 6 nitrogen and oxygen atoms in total. The molecule has 2 unspecified atom stereocenters. The van der Waals surface area contributed by atoms with Crippen molar-refractivity contribution in [2.24, 2.45) is 5.92 Å². The maximum absolute atomic E-state index is 14.1. The molecule has 1 aliphatic rings. The van der Waals surface area contributed by atoms with E-state index in [1.165, 1.54) is 11.3 Å². The number of allylic oxidation sites excluding steroid dienone is 2. The van der Waals surface area contributed by atoms with E-state index in [4.69, 9.17) is 16.6 Å². The SMILES string of the molecule is CN(C)c1ccc(NC(=O)C(C2CC=CCC2)N(Cc2nc(-c3ccc(Cl)cc3)cs2)C(=O)Cc2ccccc2)cc1. The number of thiazole rings is 1. The maximum Gasteiger partial charge on any atom is 0.247 e. The number of rotatable bonds is 10. The van der Waals surface area contributed by atoms with Crippen LogP contribution in [0.1, 0.15) is 29.8 Å². The molecule has 3 aromatic carbocycles. The van der Waals surface area contributed by atoms with Crippen molar-refractivity contribution in [2.45, 2.75) is 38.3 Å². The smallest absolute Gasteiger partial charge is 0.247 e. The summed E-state index contributed by atoms with van der Waals surface area (Å²) in [5, 5.41) is 6.56. The third-order valence-corrected chi connectivity index (χ3v) is 8.61. The lowest BCUT2D eigenvalue weighted by atomic mass is 9.85. The first-order valence-corrected chi connectivity index (χ1v) is 15.4. The van der Waals surface area contributed by atoms with Crippen LogP contribution >= 0.6 is 22.9 Å². The molecule has 8 heteroatoms. The number of nitrogens with one attached hydrogen (secondary N) is 1. The average molecular weight is 599 g/mol. The molecule has 1 heterocycles. The highest BCUT2D eigenvalue weighted by Crippen LogP contribution is 2.30. The van der Waals surface area contributed by atoms with Gasteiger partial charge in [-0.3, -0.25) is 9.59 Å². The molecule has 2 atom stereocenters. The van der Waals surface area contributed by atoms with E-state index in [0.29, 0.717) is 10.7 Å². The van der Waals surface area contributed by atoms with E-state index < -0.39 is 6.04 Å². The van der Waals surface area contributed by atoms with Gasteiger partial charge in [-0.2, -0.15) is 0 Å². The van der Waals surface area contributed by atoms with Gasteiger partial charge in [-0.15, -0.1) is 11.3 Å². The van der Waals surface area contributed by atoms with E-state index in [9.17, 15) is 9.59 Å². The summed E-state index contributed by atoms with van der Waals surface area (Å²) in [6.45, 7) is 0.252. The van der Waals surface area contributed by atoms with E-state index in [0.717, 1.165) is 46.8 Å². The average Bonchev–Trinajstić information content (AvgIpc) is 3.47. The number of amides is 2. The van der Waals surface area contributed by atoms with Crippen LogP contribution in [0.2, 0.25) is 5.02 Å². The molecule has 0 saturated heterocycles. The molecule has 1 N–H and O–H groups in total. The van der Waals surface area contributed by atoms with Gasteiger partial charge in [0.1, 0.15) is 11.0 Å². The minimum absolute atomic E-state index is 0.00790. The largest absolute Gasteiger partial charge is 0.378 e. The van der Waals surface area contributed by atoms with Crippen molar-refractivity contribution >= 4 is 46.1 Å². The first-order chi connectivity index (χ1) is 20.4. The van der Waals surface area contributed by atoms with Gasteiger partial charge >= 0.3 is 0 Å². The highest BCUT2D eigenvalue weighted by Gasteiger charge is 2.37. The fraction of sp³-hybridized carbons (Fsp3) is 0.265. The Bertz CT molecular complexity index is 1520. The Labute approximate surface area is 256 Å². The van der Waals surface area contributed by atoms with Crippen LogP contribution in [0.25, 0.3) is 11.3 Å². The summed E-state index contributed by atoms with van der Waals surface area (Å²) >= 11 is 7.58. The van der Waals surface area contributed by atoms with Gasteiger partial charge in [-0.25, -0.2) is 4.98 Å². The summed E-state index contributed by atoms with van der Waals surface area (Å²) in [4.78, 5) is 36.8. The monoisotopic (exact) mass is 598 g/mol. The second kappa shape index (κ2) is 13.8. The molecule has 1 aromatic heterocycles. The molecule has 0 bridgehead atoms. The van der Waals surface area contributed by atoms with Crippen LogP contribution in [0.3, 0.4) is 0 Å². The predicted octanol–water partition coefficient (Wildman–Crippen LogP) is 7.46. The zero-order valence-electron chi connectivity index (χ0n) is 23.9. The maximum atomic E-state index is 14.1. The van der Waals surface area contributed by atoms with Crippen LogP contribution in [0.4, 0.5) is 11.4 Å². The number of halogens is 1. The highest BCUT2D eigenvalue weighted by molar-refractivity contribution is 7.09. The van der Waals surface area contributed by atoms with Gasteiger partial charge in [0.2, 0.25) is 11.8 Å². The molecule has 0 radical (unpaired) electrons. The van der Waals surface area contributed by atoms with E-state index in [2.05, 4.69) is 17.5 Å². The standard InChI is InChI=1S/C34H35ClN4O2S/c1-38(2)29-19-17-28(18-20-29)36-34(41)33(26-11-7-4-8-12-26)39(32(40)21-24-9-5-3-6-10-24)22-31-37-30(23-42-31)25-13-15-27(35)16-14-25/h3-7,9-10,13-20,23,26,33H,8,11-12,21-22H2,1-2H3,(H,36,41). The number of anilines is 2. The zero-order valence-corrected chi connectivity index (χ0v) is 25.4. The summed E-state index contributed by atoms with van der Waals surface area (Å²) in [6.07, 6.45) is 6.94. The summed E-state index contributed by atoms with van der Waals surface area (Å²) in [7, 11) is 3.96. The minimum atomic E-state index is -0.650. The second-order valence-electron chi connectivity index (χ2n) is 10.7. The lowest BCUT2D eigenvalue weighted by molar-refractivity contribution is -0.141. The second-order valence-corrected chi connectivity index (χ2v) is 12.1. The molecule has 0 saturated carbocycles. The minimum Gasteiger partial charge on any atom is -0.378 e. The molecule has 0 spiro atoms. The summed E-state index contributed by atoms with van der Waals surface area (Å²) in [6, 6.07) is 24.3. The number of hydrogen-bond donors (Lipinski definition) is 1. The molecular weight excluding hydrogens is 564 g/mol. The van der Waals surface area contributed by atoms with Gasteiger partial charge in [0, 0.05) is 41.4 Å². The third-order valence-electron chi connectivity index (χ3n) is 7.53. The molecular formula is C34H35ClN4O2S. The molecule has 216 valence electrons. The number of hydrogen-bond acceptors (Lipinski definition) is 5. The quantitative estimate of drug-likeness (QED) is 0.192. The van der Waals surface area contributed by atoms with E-state index >= 15 is 0 Å². The van der Waals surface area contributed by atoms with Gasteiger partial charge < -0.3 is 15.1 Å². The highest BCUT2D eigenvalue weighted by atomic mass is 35.5. The number of nitrogens with zero attached hydrogens (tertiary/aromatic N) is 3. The van der Waals surface area contributed by atoms with E-state index in [1.54, 1.807) is 4.90 Å². The summed E-state index contributed by atoms with van der Waals surface area (Å²) in [5.41, 5.74) is 4.44. The summed E-state index contributed by atoms with van der Waals surface area (Å²) in [5.74, 6) is -0.280. The van der Waals surface area contributed by atoms with Gasteiger partial charge in [0.05, 0.1) is 18.7 Å². The van der Waals surface area contributed by atoms with Crippen molar-refractivity contribution in [1.82, 2.24) is 9.88 Å². The Morgan fingerprint density at radius 2 is 1.74 bits per heavy atom. The molecule has 0 aliphatic heterocycles. The van der Waals surface area contributed by atoms with Gasteiger partial charge in [-0.05, 0) is 67.1 Å². The fourth-order valence-electron chi connectivity index (χ4n) is 5.27. The van der Waals surface area contributed by atoms with Gasteiger partial charge in [-0.1, -0.05) is 66.2 Å². The molecule has 2 amide bonds. The molecule has 42 heavy (non-hydrogen) atoms. The van der Waals surface area contributed by atoms with Gasteiger partial charge in [0.15, 0.2) is 0 Å². The topological polar surface area (TPSA) is 65.5 Å². The number of carbonyl (C=O) groups excluding carboxylic acids is 2. The van der Waals surface area contributed by atoms with Crippen LogP contribution in [-0.2, 0) is 22.6 Å². The van der Waals surface area contributed by atoms with Crippen molar-refractivity contribution in [2.75, 3.05) is 24.3 Å². The van der Waals surface area contributed by atoms with Crippen LogP contribution in [0.15, 0.2) is 96.4 Å². The lowest BCUT2D eigenvalue weighted by Gasteiger charge is -2.36. The van der Waals surface area contributed by atoms with Crippen LogP contribution < -0.4 is 10.2 Å². The summed E-state index contributed by atoms with van der Waals surface area (Å²) < 4.78 is 0. The number of aromatic nitrogens is 1. The normalized spacial score (nSPS) is 15.2. The Morgan fingerprint density at radius 1 is 1.00 bits per heavy atom. The Kier molecular flexibility index (Phi) is 9.72. The number of benzene rings is 3. The van der Waals surface area contributed by atoms with Crippen LogP contribution in [0, 0.1) is 5.92 Å². The lowest BCUT2D eigenvalue weighted by Crippen LogP contribution is -2.51. The van der Waals surface area contributed by atoms with Crippen LogP contribution in [-0.4, -0.2) is 41.8 Å². The van der Waals surface area contributed by atoms with Gasteiger partial charge in [0.25, 0.3) is 0 Å². The van der Waals surface area contributed by atoms with E-state index in [-0.39, 0.29) is 30.7 Å². The molecule has 4 aromatic rings. The van der Waals surface area contributed by atoms with Crippen LogP contribution in [0.5, 0.6) is 0 Å². The fourth-order valence-corrected chi connectivity index (χ4v) is 6.20. The van der Waals surface area contributed by atoms with Crippen molar-refractivity contribution < 1.29 is 9.59 Å². The predicted molar refractivity (Wildman–Crippen MR) is 173 cm³/mol. The van der Waals surface area contributed by atoms with E-state index in [1.807, 2.05) is 103 Å². The molecule has 0 fully saturated rings. The Morgan fingerprint density at radius 3 is 2.40 bits per heavy atom. The Balaban J connectivity index is 1.46. The zero-order chi connectivity index (χ0) is 29.5. The molecule has 1 aliphatic carbocycles. The van der Waals surface area contributed by atoms with Crippen molar-refractivity contribution in [3.8, 4) is 11.3 Å². The number of carbonyl (C=O) groups is 2. The van der Waals surface area contributed by atoms with Crippen molar-refractivity contribution in [1.29, 1.82) is 0 Å². The van der Waals surface area contributed by atoms with Crippen molar-refractivity contribution in [3.63, 3.8) is 0 Å². The first kappa shape index (κ1) is 29.5. The molecule has 5 rings (SSSR count).